The molecule has 2 aromatic carbocycles. The van der Waals surface area contributed by atoms with Gasteiger partial charge in [-0.25, -0.2) is 9.78 Å². The molecule has 0 fully saturated rings. The molecule has 3 rings (SSSR count). The standard InChI is InChI=1S/C19H16N2O4S/c1-24-17(22)11-25-15-9-5-8-14(10-15)18(23)21-19-20-16(12-26-19)13-6-3-2-4-7-13/h2-10,12H,11H2,1H3,(H,20,21,23). The van der Waals surface area contributed by atoms with Gasteiger partial charge in [0.2, 0.25) is 0 Å². The van der Waals surface area contributed by atoms with Crippen molar-refractivity contribution in [2.75, 3.05) is 19.0 Å². The van der Waals surface area contributed by atoms with Crippen molar-refractivity contribution in [3.8, 4) is 17.0 Å². The van der Waals surface area contributed by atoms with Crippen LogP contribution in [0.25, 0.3) is 11.3 Å². The van der Waals surface area contributed by atoms with Crippen LogP contribution in [0.2, 0.25) is 0 Å². The number of carbonyl (C=O) groups is 2. The number of amides is 1. The number of nitrogens with zero attached hydrogens (tertiary/aromatic N) is 1. The average molecular weight is 368 g/mol. The number of ether oxygens (including phenoxy) is 2. The van der Waals surface area contributed by atoms with Crippen molar-refractivity contribution in [1.29, 1.82) is 0 Å². The van der Waals surface area contributed by atoms with E-state index in [1.165, 1.54) is 18.4 Å². The van der Waals surface area contributed by atoms with Gasteiger partial charge in [-0.15, -0.1) is 11.3 Å². The van der Waals surface area contributed by atoms with Gasteiger partial charge in [0.25, 0.3) is 5.91 Å². The van der Waals surface area contributed by atoms with Crippen LogP contribution in [0.5, 0.6) is 5.75 Å². The van der Waals surface area contributed by atoms with E-state index in [0.717, 1.165) is 11.3 Å². The van der Waals surface area contributed by atoms with Crippen molar-refractivity contribution in [3.63, 3.8) is 0 Å². The molecule has 26 heavy (non-hydrogen) atoms. The second-order valence-electron chi connectivity index (χ2n) is 5.25. The van der Waals surface area contributed by atoms with E-state index >= 15 is 0 Å². The zero-order valence-electron chi connectivity index (χ0n) is 14.0. The molecule has 1 heterocycles. The summed E-state index contributed by atoms with van der Waals surface area (Å²) >= 11 is 1.35. The third kappa shape index (κ3) is 4.46. The summed E-state index contributed by atoms with van der Waals surface area (Å²) < 4.78 is 9.81. The Morgan fingerprint density at radius 2 is 1.92 bits per heavy atom. The van der Waals surface area contributed by atoms with E-state index in [-0.39, 0.29) is 12.5 Å². The lowest BCUT2D eigenvalue weighted by Gasteiger charge is -2.07. The van der Waals surface area contributed by atoms with Gasteiger partial charge in [-0.2, -0.15) is 0 Å². The van der Waals surface area contributed by atoms with Crippen LogP contribution in [0, 0.1) is 0 Å². The minimum absolute atomic E-state index is 0.214. The highest BCUT2D eigenvalue weighted by Crippen LogP contribution is 2.25. The zero-order valence-corrected chi connectivity index (χ0v) is 14.8. The summed E-state index contributed by atoms with van der Waals surface area (Å²) in [5.74, 6) is -0.384. The van der Waals surface area contributed by atoms with Crippen LogP contribution in [0.4, 0.5) is 5.13 Å². The summed E-state index contributed by atoms with van der Waals surface area (Å²) in [6.45, 7) is -0.214. The van der Waals surface area contributed by atoms with Crippen LogP contribution < -0.4 is 10.1 Å². The third-order valence-corrected chi connectivity index (χ3v) is 4.23. The fourth-order valence-corrected chi connectivity index (χ4v) is 2.88. The van der Waals surface area contributed by atoms with Gasteiger partial charge in [-0.1, -0.05) is 36.4 Å². The molecule has 1 aromatic heterocycles. The van der Waals surface area contributed by atoms with Gasteiger partial charge in [-0.3, -0.25) is 10.1 Å². The summed E-state index contributed by atoms with van der Waals surface area (Å²) in [6, 6.07) is 16.3. The van der Waals surface area contributed by atoms with Crippen LogP contribution in [0.15, 0.2) is 60.0 Å². The quantitative estimate of drug-likeness (QED) is 0.673. The van der Waals surface area contributed by atoms with E-state index < -0.39 is 5.97 Å². The first-order valence-electron chi connectivity index (χ1n) is 7.77. The summed E-state index contributed by atoms with van der Waals surface area (Å²) in [5, 5.41) is 5.17. The Labute approximate surface area is 154 Å². The first kappa shape index (κ1) is 17.6. The molecule has 132 valence electrons. The molecule has 0 atom stereocenters. The van der Waals surface area contributed by atoms with E-state index in [4.69, 9.17) is 4.74 Å². The number of anilines is 1. The summed E-state index contributed by atoms with van der Waals surface area (Å²) in [6.07, 6.45) is 0. The number of hydrogen-bond acceptors (Lipinski definition) is 6. The molecule has 7 heteroatoms. The predicted octanol–water partition coefficient (Wildman–Crippen LogP) is 3.61. The van der Waals surface area contributed by atoms with Crippen molar-refractivity contribution in [1.82, 2.24) is 4.98 Å². The van der Waals surface area contributed by atoms with Crippen LogP contribution in [0.1, 0.15) is 10.4 Å². The van der Waals surface area contributed by atoms with Crippen LogP contribution >= 0.6 is 11.3 Å². The number of nitrogens with one attached hydrogen (secondary N) is 1. The molecule has 0 aliphatic heterocycles. The van der Waals surface area contributed by atoms with Crippen molar-refractivity contribution < 1.29 is 19.1 Å². The summed E-state index contributed by atoms with van der Waals surface area (Å²) in [7, 11) is 1.29. The molecule has 0 aliphatic rings. The Balaban J connectivity index is 1.67. The van der Waals surface area contributed by atoms with Gasteiger partial charge in [0.05, 0.1) is 12.8 Å². The number of methoxy groups -OCH3 is 1. The Hall–Kier alpha value is -3.19. The number of hydrogen-bond donors (Lipinski definition) is 1. The average Bonchev–Trinajstić information content (AvgIpc) is 3.15. The molecule has 0 saturated heterocycles. The molecule has 1 N–H and O–H groups in total. The maximum absolute atomic E-state index is 12.4. The van der Waals surface area contributed by atoms with Crippen molar-refractivity contribution in [2.45, 2.75) is 0 Å². The molecule has 0 bridgehead atoms. The second-order valence-corrected chi connectivity index (χ2v) is 6.11. The molecular formula is C19H16N2O4S. The normalized spacial score (nSPS) is 10.2. The monoisotopic (exact) mass is 368 g/mol. The van der Waals surface area contributed by atoms with Gasteiger partial charge < -0.3 is 9.47 Å². The Kier molecular flexibility index (Phi) is 5.60. The molecule has 0 unspecified atom stereocenters. The highest BCUT2D eigenvalue weighted by Gasteiger charge is 2.11. The van der Waals surface area contributed by atoms with Crippen LogP contribution in [-0.4, -0.2) is 30.6 Å². The number of rotatable bonds is 6. The lowest BCUT2D eigenvalue weighted by molar-refractivity contribution is -0.142. The first-order chi connectivity index (χ1) is 12.7. The van der Waals surface area contributed by atoms with Gasteiger partial charge in [0, 0.05) is 16.5 Å². The number of benzene rings is 2. The van der Waals surface area contributed by atoms with Crippen molar-refractivity contribution >= 4 is 28.3 Å². The summed E-state index contributed by atoms with van der Waals surface area (Å²) in [5.41, 5.74) is 2.20. The lowest BCUT2D eigenvalue weighted by Crippen LogP contribution is -2.14. The van der Waals surface area contributed by atoms with Crippen molar-refractivity contribution in [2.24, 2.45) is 0 Å². The van der Waals surface area contributed by atoms with Crippen LogP contribution in [-0.2, 0) is 9.53 Å². The molecule has 3 aromatic rings. The van der Waals surface area contributed by atoms with E-state index in [9.17, 15) is 9.59 Å². The van der Waals surface area contributed by atoms with E-state index in [1.807, 2.05) is 35.7 Å². The smallest absolute Gasteiger partial charge is 0.343 e. The predicted molar refractivity (Wildman–Crippen MR) is 99.5 cm³/mol. The summed E-state index contributed by atoms with van der Waals surface area (Å²) in [4.78, 5) is 28.0. The topological polar surface area (TPSA) is 77.5 Å². The molecule has 0 spiro atoms. The number of carbonyl (C=O) groups excluding carboxylic acids is 2. The van der Waals surface area contributed by atoms with Gasteiger partial charge in [0.15, 0.2) is 11.7 Å². The minimum Gasteiger partial charge on any atom is -0.482 e. The fourth-order valence-electron chi connectivity index (χ4n) is 2.17. The molecule has 0 saturated carbocycles. The number of thiazole rings is 1. The van der Waals surface area contributed by atoms with E-state index in [1.54, 1.807) is 24.3 Å². The maximum atomic E-state index is 12.4. The fraction of sp³-hybridized carbons (Fsp3) is 0.105. The second kappa shape index (κ2) is 8.26. The Bertz CT molecular complexity index is 909. The molecular weight excluding hydrogens is 352 g/mol. The maximum Gasteiger partial charge on any atom is 0.343 e. The first-order valence-corrected chi connectivity index (χ1v) is 8.65. The number of esters is 1. The van der Waals surface area contributed by atoms with Crippen LogP contribution in [0.3, 0.4) is 0 Å². The van der Waals surface area contributed by atoms with Gasteiger partial charge in [-0.05, 0) is 18.2 Å². The van der Waals surface area contributed by atoms with Gasteiger partial charge in [0.1, 0.15) is 5.75 Å². The Morgan fingerprint density at radius 3 is 2.69 bits per heavy atom. The molecule has 0 aliphatic carbocycles. The zero-order chi connectivity index (χ0) is 18.4. The Morgan fingerprint density at radius 1 is 1.12 bits per heavy atom. The SMILES string of the molecule is COC(=O)COc1cccc(C(=O)Nc2nc(-c3ccccc3)cs2)c1. The highest BCUT2D eigenvalue weighted by atomic mass is 32.1. The van der Waals surface area contributed by atoms with Gasteiger partial charge >= 0.3 is 5.97 Å². The largest absolute Gasteiger partial charge is 0.482 e. The molecule has 1 amide bonds. The van der Waals surface area contributed by atoms with Crippen molar-refractivity contribution in [3.05, 3.63) is 65.5 Å². The van der Waals surface area contributed by atoms with E-state index in [2.05, 4.69) is 15.0 Å². The number of aromatic nitrogens is 1. The molecule has 0 radical (unpaired) electrons. The van der Waals surface area contributed by atoms with E-state index in [0.29, 0.717) is 16.4 Å². The molecule has 6 nitrogen and oxygen atoms in total. The minimum atomic E-state index is -0.490. The third-order valence-electron chi connectivity index (χ3n) is 3.47. The lowest BCUT2D eigenvalue weighted by atomic mass is 10.2. The highest BCUT2D eigenvalue weighted by molar-refractivity contribution is 7.14.